The minimum absolute atomic E-state index is 0.0194. The van der Waals surface area contributed by atoms with Crippen LogP contribution in [0, 0.1) is 5.41 Å². The predicted octanol–water partition coefficient (Wildman–Crippen LogP) is 2.36. The fraction of sp³-hybridized carbons (Fsp3) is 0.800. The van der Waals surface area contributed by atoms with Gasteiger partial charge in [0.1, 0.15) is 0 Å². The van der Waals surface area contributed by atoms with Gasteiger partial charge < -0.3 is 10.4 Å². The molecular formula is C15H27N3OS. The summed E-state index contributed by atoms with van der Waals surface area (Å²) in [6.45, 7) is 5.69. The maximum Gasteiger partial charge on any atom is 0.0537 e. The van der Waals surface area contributed by atoms with Gasteiger partial charge >= 0.3 is 0 Å². The lowest BCUT2D eigenvalue weighted by Crippen LogP contribution is -2.46. The van der Waals surface area contributed by atoms with Crippen LogP contribution in [0.5, 0.6) is 0 Å². The van der Waals surface area contributed by atoms with E-state index in [1.165, 1.54) is 12.0 Å². The van der Waals surface area contributed by atoms with E-state index in [4.69, 9.17) is 0 Å². The number of hydrogen-bond donors (Lipinski definition) is 2. The number of thioether (sulfide) groups is 1. The Hall–Kier alpha value is -0.520. The molecule has 1 saturated carbocycles. The van der Waals surface area contributed by atoms with Crippen LogP contribution in [-0.2, 0) is 7.05 Å². The molecule has 1 fully saturated rings. The molecule has 114 valence electrons. The Morgan fingerprint density at radius 1 is 1.50 bits per heavy atom. The molecule has 0 aliphatic heterocycles. The predicted molar refractivity (Wildman–Crippen MR) is 84.9 cm³/mol. The van der Waals surface area contributed by atoms with E-state index in [9.17, 15) is 5.11 Å². The lowest BCUT2D eigenvalue weighted by Gasteiger charge is -2.46. The number of aliphatic hydroxyl groups is 1. The molecule has 1 atom stereocenters. The van der Waals surface area contributed by atoms with Gasteiger partial charge in [0.25, 0.3) is 0 Å². The maximum atomic E-state index is 9.85. The lowest BCUT2D eigenvalue weighted by molar-refractivity contribution is 0.00594. The molecule has 0 radical (unpaired) electrons. The molecule has 5 heteroatoms. The van der Waals surface area contributed by atoms with E-state index in [-0.39, 0.29) is 18.1 Å². The Bertz CT molecular complexity index is 409. The van der Waals surface area contributed by atoms with Crippen LogP contribution in [0.4, 0.5) is 0 Å². The first-order valence-electron chi connectivity index (χ1n) is 7.52. The second-order valence-corrected chi connectivity index (χ2v) is 7.81. The Morgan fingerprint density at radius 3 is 2.70 bits per heavy atom. The van der Waals surface area contributed by atoms with Crippen LogP contribution in [0.1, 0.15) is 44.7 Å². The number of nitrogens with one attached hydrogen (secondary N) is 1. The first kappa shape index (κ1) is 15.9. The zero-order chi connectivity index (χ0) is 14.6. The molecule has 1 aromatic heterocycles. The Labute approximate surface area is 126 Å². The normalized spacial score (nSPS) is 19.1. The summed E-state index contributed by atoms with van der Waals surface area (Å²) < 4.78 is 1.84. The summed E-state index contributed by atoms with van der Waals surface area (Å²) in [5.41, 5.74) is 1.22. The molecule has 1 heterocycles. The lowest BCUT2D eigenvalue weighted by atomic mass is 9.63. The average molecular weight is 297 g/mol. The van der Waals surface area contributed by atoms with E-state index in [0.29, 0.717) is 5.25 Å². The molecule has 0 saturated heterocycles. The van der Waals surface area contributed by atoms with Crippen molar-refractivity contribution in [3.05, 3.63) is 18.0 Å². The summed E-state index contributed by atoms with van der Waals surface area (Å²) in [6.07, 6.45) is 7.44. The molecule has 0 aromatic carbocycles. The smallest absolute Gasteiger partial charge is 0.0537 e. The highest BCUT2D eigenvalue weighted by molar-refractivity contribution is 7.99. The quantitative estimate of drug-likeness (QED) is 0.723. The van der Waals surface area contributed by atoms with E-state index in [0.717, 1.165) is 25.1 Å². The summed E-state index contributed by atoms with van der Waals surface area (Å²) in [4.78, 5) is 0. The second kappa shape index (κ2) is 6.96. The third-order valence-electron chi connectivity index (χ3n) is 4.24. The summed E-state index contributed by atoms with van der Waals surface area (Å²) in [5, 5.41) is 18.5. The van der Waals surface area contributed by atoms with E-state index in [1.54, 1.807) is 0 Å². The molecule has 0 unspecified atom stereocenters. The van der Waals surface area contributed by atoms with Crippen LogP contribution in [-0.4, -0.2) is 39.0 Å². The zero-order valence-corrected chi connectivity index (χ0v) is 13.6. The first-order chi connectivity index (χ1) is 9.57. The molecule has 0 bridgehead atoms. The second-order valence-electron chi connectivity index (χ2n) is 6.13. The third-order valence-corrected chi connectivity index (χ3v) is 5.34. The highest BCUT2D eigenvalue weighted by Gasteiger charge is 2.44. The SMILES string of the molecule is CC(C)SCCN[C@H](c1cnn(C)c1)C1(CO)CCC1. The van der Waals surface area contributed by atoms with Crippen molar-refractivity contribution in [1.82, 2.24) is 15.1 Å². The molecule has 4 nitrogen and oxygen atoms in total. The molecule has 0 amide bonds. The number of nitrogens with zero attached hydrogens (tertiary/aromatic N) is 2. The van der Waals surface area contributed by atoms with Gasteiger partial charge in [-0.25, -0.2) is 0 Å². The number of rotatable bonds is 8. The van der Waals surface area contributed by atoms with Gasteiger partial charge in [0.05, 0.1) is 12.8 Å². The average Bonchev–Trinajstić information content (AvgIpc) is 2.77. The highest BCUT2D eigenvalue weighted by atomic mass is 32.2. The Balaban J connectivity index is 2.01. The topological polar surface area (TPSA) is 50.1 Å². The monoisotopic (exact) mass is 297 g/mol. The molecule has 1 aliphatic rings. The number of hydrogen-bond acceptors (Lipinski definition) is 4. The summed E-state index contributed by atoms with van der Waals surface area (Å²) in [6, 6.07) is 0.225. The van der Waals surface area contributed by atoms with Crippen molar-refractivity contribution >= 4 is 11.8 Å². The van der Waals surface area contributed by atoms with Gasteiger partial charge in [-0.05, 0) is 18.1 Å². The van der Waals surface area contributed by atoms with E-state index in [1.807, 2.05) is 29.7 Å². The Morgan fingerprint density at radius 2 is 2.25 bits per heavy atom. The maximum absolute atomic E-state index is 9.85. The van der Waals surface area contributed by atoms with Crippen LogP contribution in [0.3, 0.4) is 0 Å². The van der Waals surface area contributed by atoms with Crippen molar-refractivity contribution in [3.63, 3.8) is 0 Å². The van der Waals surface area contributed by atoms with Crippen LogP contribution < -0.4 is 5.32 Å². The van der Waals surface area contributed by atoms with Gasteiger partial charge in [0.15, 0.2) is 0 Å². The van der Waals surface area contributed by atoms with Crippen LogP contribution in [0.15, 0.2) is 12.4 Å². The fourth-order valence-electron chi connectivity index (χ4n) is 2.94. The number of aryl methyl sites for hydroxylation is 1. The van der Waals surface area contributed by atoms with E-state index in [2.05, 4.69) is 30.5 Å². The van der Waals surface area contributed by atoms with Crippen molar-refractivity contribution in [2.24, 2.45) is 12.5 Å². The largest absolute Gasteiger partial charge is 0.396 e. The summed E-state index contributed by atoms with van der Waals surface area (Å²) >= 11 is 1.97. The van der Waals surface area contributed by atoms with Gasteiger partial charge in [0.2, 0.25) is 0 Å². The first-order valence-corrected chi connectivity index (χ1v) is 8.57. The summed E-state index contributed by atoms with van der Waals surface area (Å²) in [7, 11) is 1.95. The van der Waals surface area contributed by atoms with Gasteiger partial charge in [-0.2, -0.15) is 16.9 Å². The molecular weight excluding hydrogens is 270 g/mol. The number of aromatic nitrogens is 2. The standard InChI is InChI=1S/C15H27N3OS/c1-12(2)20-8-7-16-14(13-9-17-18(3)10-13)15(11-19)5-4-6-15/h9-10,12,14,16,19H,4-8,11H2,1-3H3/t14-/m1/s1. The minimum Gasteiger partial charge on any atom is -0.396 e. The van der Waals surface area contributed by atoms with Crippen molar-refractivity contribution < 1.29 is 5.11 Å². The van der Waals surface area contributed by atoms with Crippen molar-refractivity contribution in [2.45, 2.75) is 44.4 Å². The van der Waals surface area contributed by atoms with Gasteiger partial charge in [-0.15, -0.1) is 0 Å². The number of aliphatic hydroxyl groups excluding tert-OH is 1. The molecule has 2 N–H and O–H groups in total. The van der Waals surface area contributed by atoms with Gasteiger partial charge in [0, 0.05) is 42.6 Å². The van der Waals surface area contributed by atoms with Gasteiger partial charge in [-0.1, -0.05) is 20.3 Å². The summed E-state index contributed by atoms with van der Waals surface area (Å²) in [5.74, 6) is 1.11. The zero-order valence-electron chi connectivity index (χ0n) is 12.8. The van der Waals surface area contributed by atoms with Crippen LogP contribution >= 0.6 is 11.8 Å². The molecule has 1 aromatic rings. The molecule has 1 aliphatic carbocycles. The van der Waals surface area contributed by atoms with Crippen molar-refractivity contribution in [1.29, 1.82) is 0 Å². The molecule has 0 spiro atoms. The third kappa shape index (κ3) is 3.57. The highest BCUT2D eigenvalue weighted by Crippen LogP contribution is 2.49. The molecule has 2 rings (SSSR count). The molecule has 20 heavy (non-hydrogen) atoms. The minimum atomic E-state index is 0.0194. The van der Waals surface area contributed by atoms with Crippen molar-refractivity contribution in [2.75, 3.05) is 18.9 Å². The van der Waals surface area contributed by atoms with Crippen molar-refractivity contribution in [3.8, 4) is 0 Å². The van der Waals surface area contributed by atoms with Crippen LogP contribution in [0.2, 0.25) is 0 Å². The Kier molecular flexibility index (Phi) is 5.52. The van der Waals surface area contributed by atoms with Gasteiger partial charge in [-0.3, -0.25) is 4.68 Å². The van der Waals surface area contributed by atoms with E-state index >= 15 is 0 Å². The van der Waals surface area contributed by atoms with Crippen LogP contribution in [0.25, 0.3) is 0 Å². The van der Waals surface area contributed by atoms with E-state index < -0.39 is 0 Å². The fourth-order valence-corrected chi connectivity index (χ4v) is 3.65.